The quantitative estimate of drug-likeness (QED) is 0.380. The number of hydrogen-bond donors (Lipinski definition) is 2. The van der Waals surface area contributed by atoms with Crippen molar-refractivity contribution in [1.29, 1.82) is 0 Å². The molecular formula is C20H19N3O4. The molecule has 138 valence electrons. The van der Waals surface area contributed by atoms with Crippen molar-refractivity contribution in [2.75, 3.05) is 11.9 Å². The lowest BCUT2D eigenvalue weighted by atomic mass is 10.0. The summed E-state index contributed by atoms with van der Waals surface area (Å²) in [6.45, 7) is 0.102. The van der Waals surface area contributed by atoms with Crippen molar-refractivity contribution in [2.45, 2.75) is 6.10 Å². The first-order valence-electron chi connectivity index (χ1n) is 8.38. The van der Waals surface area contributed by atoms with Crippen LogP contribution in [0.25, 0.3) is 0 Å². The Bertz CT molecular complexity index is 966. The first kappa shape index (κ1) is 18.3. The third kappa shape index (κ3) is 4.04. The molecule has 0 aliphatic heterocycles. The van der Waals surface area contributed by atoms with E-state index in [0.717, 1.165) is 0 Å². The molecule has 0 aliphatic rings. The second-order valence-corrected chi connectivity index (χ2v) is 6.12. The predicted octanol–water partition coefficient (Wildman–Crippen LogP) is 3.31. The molecular weight excluding hydrogens is 346 g/mol. The fourth-order valence-corrected chi connectivity index (χ4v) is 2.86. The molecule has 0 bridgehead atoms. The minimum Gasteiger partial charge on any atom is -0.385 e. The maximum absolute atomic E-state index is 12.5. The van der Waals surface area contributed by atoms with Crippen LogP contribution in [-0.4, -0.2) is 26.9 Å². The van der Waals surface area contributed by atoms with Crippen LogP contribution in [0.2, 0.25) is 0 Å². The van der Waals surface area contributed by atoms with Crippen molar-refractivity contribution in [3.05, 3.63) is 93.8 Å². The molecule has 27 heavy (non-hydrogen) atoms. The Balaban J connectivity index is 1.81. The van der Waals surface area contributed by atoms with Crippen molar-refractivity contribution >= 4 is 17.2 Å². The van der Waals surface area contributed by atoms with Crippen LogP contribution in [0.5, 0.6) is 0 Å². The number of nitro benzene ring substituents is 1. The molecule has 0 amide bonds. The molecule has 3 rings (SSSR count). The van der Waals surface area contributed by atoms with Crippen LogP contribution in [-0.2, 0) is 7.05 Å². The lowest BCUT2D eigenvalue weighted by Gasteiger charge is -2.14. The molecule has 1 atom stereocenters. The van der Waals surface area contributed by atoms with Crippen molar-refractivity contribution in [1.82, 2.24) is 4.57 Å². The van der Waals surface area contributed by atoms with E-state index in [0.29, 0.717) is 11.3 Å². The monoisotopic (exact) mass is 365 g/mol. The second-order valence-electron chi connectivity index (χ2n) is 6.12. The number of nitro groups is 1. The fourth-order valence-electron chi connectivity index (χ4n) is 2.86. The summed E-state index contributed by atoms with van der Waals surface area (Å²) in [5.74, 6) is -0.283. The van der Waals surface area contributed by atoms with E-state index in [1.165, 1.54) is 12.1 Å². The van der Waals surface area contributed by atoms with Crippen LogP contribution in [0.15, 0.2) is 66.9 Å². The minimum atomic E-state index is -0.824. The number of hydrogen-bond acceptors (Lipinski definition) is 5. The number of carbonyl (C=O) groups excluding carboxylic acids is 1. The Morgan fingerprint density at radius 3 is 2.52 bits per heavy atom. The third-order valence-corrected chi connectivity index (χ3v) is 4.30. The Morgan fingerprint density at radius 2 is 1.89 bits per heavy atom. The van der Waals surface area contributed by atoms with Crippen molar-refractivity contribution in [3.63, 3.8) is 0 Å². The zero-order valence-corrected chi connectivity index (χ0v) is 14.7. The smallest absolute Gasteiger partial charge is 0.293 e. The fraction of sp³-hybridized carbons (Fsp3) is 0.150. The van der Waals surface area contributed by atoms with Gasteiger partial charge < -0.3 is 15.0 Å². The number of carbonyl (C=O) groups is 1. The van der Waals surface area contributed by atoms with Crippen LogP contribution >= 0.6 is 0 Å². The van der Waals surface area contributed by atoms with Gasteiger partial charge in [0, 0.05) is 42.7 Å². The molecule has 7 heteroatoms. The summed E-state index contributed by atoms with van der Waals surface area (Å²) < 4.78 is 1.78. The molecule has 0 fully saturated rings. The van der Waals surface area contributed by atoms with E-state index in [4.69, 9.17) is 0 Å². The van der Waals surface area contributed by atoms with E-state index < -0.39 is 11.0 Å². The van der Waals surface area contributed by atoms with Crippen LogP contribution in [0, 0.1) is 10.1 Å². The summed E-state index contributed by atoms with van der Waals surface area (Å²) in [6, 6.07) is 16.5. The van der Waals surface area contributed by atoms with Crippen molar-refractivity contribution in [2.24, 2.45) is 7.05 Å². The Kier molecular flexibility index (Phi) is 5.33. The topological polar surface area (TPSA) is 97.4 Å². The van der Waals surface area contributed by atoms with Gasteiger partial charge in [0.15, 0.2) is 5.78 Å². The van der Waals surface area contributed by atoms with Crippen LogP contribution in [0.3, 0.4) is 0 Å². The summed E-state index contributed by atoms with van der Waals surface area (Å²) in [4.78, 5) is 23.4. The highest BCUT2D eigenvalue weighted by molar-refractivity contribution is 6.09. The van der Waals surface area contributed by atoms with Gasteiger partial charge in [-0.15, -0.1) is 0 Å². The van der Waals surface area contributed by atoms with Gasteiger partial charge >= 0.3 is 0 Å². The van der Waals surface area contributed by atoms with E-state index >= 15 is 0 Å². The molecule has 0 radical (unpaired) electrons. The molecule has 7 nitrogen and oxygen atoms in total. The average molecular weight is 365 g/mol. The SMILES string of the molecule is Cn1cccc1C(O)CNc1ccc(C(=O)c2ccccc2)cc1[N+](=O)[O-]. The maximum Gasteiger partial charge on any atom is 0.293 e. The van der Waals surface area contributed by atoms with Gasteiger partial charge in [0.1, 0.15) is 11.8 Å². The Labute approximate surface area is 156 Å². The highest BCUT2D eigenvalue weighted by atomic mass is 16.6. The number of aromatic nitrogens is 1. The molecule has 2 N–H and O–H groups in total. The summed E-state index contributed by atoms with van der Waals surface area (Å²) in [6.07, 6.45) is 0.987. The number of ketones is 1. The molecule has 1 aromatic heterocycles. The number of rotatable bonds is 7. The molecule has 0 spiro atoms. The molecule has 0 aliphatic carbocycles. The number of nitrogens with one attached hydrogen (secondary N) is 1. The standard InChI is InChI=1S/C20H19N3O4/c1-22-11-5-8-17(22)19(24)13-21-16-10-9-15(12-18(16)23(26)27)20(25)14-6-3-2-4-7-14/h2-12,19,21,24H,13H2,1H3. The largest absolute Gasteiger partial charge is 0.385 e. The Morgan fingerprint density at radius 1 is 1.15 bits per heavy atom. The van der Waals surface area contributed by atoms with E-state index in [-0.39, 0.29) is 29.3 Å². The van der Waals surface area contributed by atoms with E-state index in [9.17, 15) is 20.0 Å². The average Bonchev–Trinajstić information content (AvgIpc) is 3.12. The molecule has 2 aromatic carbocycles. The summed E-state index contributed by atoms with van der Waals surface area (Å²) in [5, 5.41) is 24.6. The summed E-state index contributed by atoms with van der Waals surface area (Å²) in [5.41, 5.74) is 1.43. The second kappa shape index (κ2) is 7.84. The number of aryl methyl sites for hydroxylation is 1. The maximum atomic E-state index is 12.5. The van der Waals surface area contributed by atoms with Gasteiger partial charge in [-0.2, -0.15) is 0 Å². The molecule has 0 saturated heterocycles. The van der Waals surface area contributed by atoms with E-state index in [1.807, 2.05) is 19.3 Å². The lowest BCUT2D eigenvalue weighted by molar-refractivity contribution is -0.384. The van der Waals surface area contributed by atoms with Gasteiger partial charge in [0.2, 0.25) is 0 Å². The minimum absolute atomic E-state index is 0.102. The van der Waals surface area contributed by atoms with E-state index in [2.05, 4.69) is 5.32 Å². The number of benzene rings is 2. The van der Waals surface area contributed by atoms with Gasteiger partial charge in [0.25, 0.3) is 5.69 Å². The predicted molar refractivity (Wildman–Crippen MR) is 102 cm³/mol. The van der Waals surface area contributed by atoms with Gasteiger partial charge in [-0.05, 0) is 24.3 Å². The summed E-state index contributed by atoms with van der Waals surface area (Å²) >= 11 is 0. The van der Waals surface area contributed by atoms with Crippen molar-refractivity contribution in [3.8, 4) is 0 Å². The zero-order chi connectivity index (χ0) is 19.4. The summed E-state index contributed by atoms with van der Waals surface area (Å²) in [7, 11) is 1.81. The molecule has 1 unspecified atom stereocenters. The van der Waals surface area contributed by atoms with Gasteiger partial charge in [0.05, 0.1) is 4.92 Å². The lowest BCUT2D eigenvalue weighted by Crippen LogP contribution is -2.15. The normalized spacial score (nSPS) is 11.8. The van der Waals surface area contributed by atoms with Crippen molar-refractivity contribution < 1.29 is 14.8 Å². The van der Waals surface area contributed by atoms with E-state index in [1.54, 1.807) is 47.0 Å². The van der Waals surface area contributed by atoms with Crippen LogP contribution in [0.1, 0.15) is 27.7 Å². The number of nitrogens with zero attached hydrogens (tertiary/aromatic N) is 2. The van der Waals surface area contributed by atoms with Crippen LogP contribution in [0.4, 0.5) is 11.4 Å². The van der Waals surface area contributed by atoms with Crippen LogP contribution < -0.4 is 5.32 Å². The Hall–Kier alpha value is -3.45. The molecule has 1 heterocycles. The van der Waals surface area contributed by atoms with Gasteiger partial charge in [-0.1, -0.05) is 30.3 Å². The third-order valence-electron chi connectivity index (χ3n) is 4.30. The highest BCUT2D eigenvalue weighted by Crippen LogP contribution is 2.27. The first-order valence-corrected chi connectivity index (χ1v) is 8.38. The number of aliphatic hydroxyl groups is 1. The number of anilines is 1. The van der Waals surface area contributed by atoms with Gasteiger partial charge in [-0.3, -0.25) is 14.9 Å². The first-order chi connectivity index (χ1) is 13.0. The highest BCUT2D eigenvalue weighted by Gasteiger charge is 2.19. The number of aliphatic hydroxyl groups excluding tert-OH is 1. The molecule has 0 saturated carbocycles. The molecule has 3 aromatic rings. The zero-order valence-electron chi connectivity index (χ0n) is 14.7. The van der Waals surface area contributed by atoms with Gasteiger partial charge in [-0.25, -0.2) is 0 Å².